The van der Waals surface area contributed by atoms with E-state index in [4.69, 9.17) is 18.9 Å². The lowest BCUT2D eigenvalue weighted by Crippen LogP contribution is -2.36. The molecule has 1 fully saturated rings. The molecule has 2 heterocycles. The van der Waals surface area contributed by atoms with Gasteiger partial charge in [0.1, 0.15) is 13.2 Å². The van der Waals surface area contributed by atoms with Crippen LogP contribution in [-0.4, -0.2) is 58.0 Å². The van der Waals surface area contributed by atoms with Gasteiger partial charge in [-0.05, 0) is 42.5 Å². The van der Waals surface area contributed by atoms with Crippen LogP contribution < -0.4 is 19.7 Å². The Morgan fingerprint density at radius 2 is 1.66 bits per heavy atom. The molecule has 0 aliphatic carbocycles. The third-order valence-corrected chi connectivity index (χ3v) is 4.64. The first-order valence-corrected chi connectivity index (χ1v) is 9.48. The second-order valence-corrected chi connectivity index (χ2v) is 6.63. The zero-order valence-corrected chi connectivity index (χ0v) is 15.9. The van der Waals surface area contributed by atoms with Crippen molar-refractivity contribution in [1.82, 2.24) is 0 Å². The fourth-order valence-electron chi connectivity index (χ4n) is 3.16. The summed E-state index contributed by atoms with van der Waals surface area (Å²) in [7, 11) is 0. The maximum atomic E-state index is 12.2. The van der Waals surface area contributed by atoms with E-state index < -0.39 is 11.9 Å². The minimum atomic E-state index is -0.597. The molecule has 2 aliphatic heterocycles. The topological polar surface area (TPSA) is 86.3 Å². The molecule has 0 unspecified atom stereocenters. The highest BCUT2D eigenvalue weighted by atomic mass is 16.6. The predicted octanol–water partition coefficient (Wildman–Crippen LogP) is 2.09. The summed E-state index contributed by atoms with van der Waals surface area (Å²) >= 11 is 0. The first kappa shape index (κ1) is 19.1. The van der Waals surface area contributed by atoms with E-state index in [1.54, 1.807) is 18.2 Å². The fraction of sp³-hybridized carbons (Fsp3) is 0.333. The molecule has 0 atom stereocenters. The van der Waals surface area contributed by atoms with Gasteiger partial charge in [0.15, 0.2) is 18.1 Å². The van der Waals surface area contributed by atoms with Crippen molar-refractivity contribution in [2.45, 2.75) is 0 Å². The van der Waals surface area contributed by atoms with Gasteiger partial charge in [0.25, 0.3) is 5.91 Å². The lowest BCUT2D eigenvalue weighted by Gasteiger charge is -2.28. The van der Waals surface area contributed by atoms with Crippen LogP contribution >= 0.6 is 0 Å². The number of fused-ring (bicyclic) bond motifs is 1. The molecule has 1 amide bonds. The van der Waals surface area contributed by atoms with Gasteiger partial charge in [-0.15, -0.1) is 0 Å². The Hall–Kier alpha value is -3.26. The molecule has 2 aromatic rings. The number of hydrogen-bond donors (Lipinski definition) is 1. The Morgan fingerprint density at radius 1 is 0.931 bits per heavy atom. The number of amides is 1. The van der Waals surface area contributed by atoms with E-state index in [1.807, 2.05) is 24.3 Å². The first-order valence-electron chi connectivity index (χ1n) is 9.48. The van der Waals surface area contributed by atoms with E-state index in [0.29, 0.717) is 49.2 Å². The fourth-order valence-corrected chi connectivity index (χ4v) is 3.16. The van der Waals surface area contributed by atoms with Gasteiger partial charge in [0.2, 0.25) is 0 Å². The Balaban J connectivity index is 1.28. The summed E-state index contributed by atoms with van der Waals surface area (Å²) in [6.07, 6.45) is 0. The average molecular weight is 398 g/mol. The molecule has 2 aromatic carbocycles. The van der Waals surface area contributed by atoms with Gasteiger partial charge in [-0.1, -0.05) is 0 Å². The van der Waals surface area contributed by atoms with E-state index in [1.165, 1.54) is 0 Å². The van der Waals surface area contributed by atoms with Crippen molar-refractivity contribution >= 4 is 23.3 Å². The number of benzene rings is 2. The standard InChI is InChI=1S/C21H22N2O6/c24-20(22-16-2-4-17(5-3-16)23-7-9-26-10-8-23)14-29-21(25)15-1-6-18-19(13-15)28-12-11-27-18/h1-6,13H,7-12,14H2,(H,22,24). The maximum absolute atomic E-state index is 12.2. The quantitative estimate of drug-likeness (QED) is 0.772. The Labute approximate surface area is 168 Å². The molecule has 8 heteroatoms. The van der Waals surface area contributed by atoms with Crippen LogP contribution in [0.5, 0.6) is 11.5 Å². The molecule has 0 bridgehead atoms. The number of ether oxygens (including phenoxy) is 4. The summed E-state index contributed by atoms with van der Waals surface area (Å²) in [6, 6.07) is 12.3. The van der Waals surface area contributed by atoms with Crippen LogP contribution in [0, 0.1) is 0 Å². The summed E-state index contributed by atoms with van der Waals surface area (Å²) in [6.45, 7) is 3.66. The number of esters is 1. The number of anilines is 2. The molecule has 1 N–H and O–H groups in total. The van der Waals surface area contributed by atoms with Crippen LogP contribution in [0.25, 0.3) is 0 Å². The lowest BCUT2D eigenvalue weighted by atomic mass is 10.2. The van der Waals surface area contributed by atoms with Crippen molar-refractivity contribution in [3.63, 3.8) is 0 Å². The molecule has 4 rings (SSSR count). The molecular formula is C21H22N2O6. The largest absolute Gasteiger partial charge is 0.486 e. The number of hydrogen-bond acceptors (Lipinski definition) is 7. The SMILES string of the molecule is O=C(COC(=O)c1ccc2c(c1)OCCO2)Nc1ccc(N2CCOCC2)cc1. The number of carbonyl (C=O) groups excluding carboxylic acids is 2. The average Bonchev–Trinajstić information content (AvgIpc) is 2.78. The van der Waals surface area contributed by atoms with Crippen LogP contribution in [0.2, 0.25) is 0 Å². The molecule has 152 valence electrons. The van der Waals surface area contributed by atoms with Crippen molar-refractivity contribution in [3.8, 4) is 11.5 Å². The molecular weight excluding hydrogens is 376 g/mol. The maximum Gasteiger partial charge on any atom is 0.338 e. The van der Waals surface area contributed by atoms with Gasteiger partial charge in [-0.3, -0.25) is 4.79 Å². The number of nitrogens with zero attached hydrogens (tertiary/aromatic N) is 1. The van der Waals surface area contributed by atoms with Gasteiger partial charge >= 0.3 is 5.97 Å². The summed E-state index contributed by atoms with van der Waals surface area (Å²) < 4.78 is 21.3. The van der Waals surface area contributed by atoms with Gasteiger partial charge in [0.05, 0.1) is 18.8 Å². The molecule has 1 saturated heterocycles. The predicted molar refractivity (Wildman–Crippen MR) is 106 cm³/mol. The highest BCUT2D eigenvalue weighted by molar-refractivity contribution is 5.95. The van der Waals surface area contributed by atoms with Crippen LogP contribution in [0.4, 0.5) is 11.4 Å². The molecule has 0 saturated carbocycles. The van der Waals surface area contributed by atoms with Gasteiger partial charge in [0, 0.05) is 24.5 Å². The van der Waals surface area contributed by atoms with Gasteiger partial charge in [-0.2, -0.15) is 0 Å². The van der Waals surface area contributed by atoms with Crippen LogP contribution in [0.15, 0.2) is 42.5 Å². The van der Waals surface area contributed by atoms with Crippen molar-refractivity contribution in [3.05, 3.63) is 48.0 Å². The highest BCUT2D eigenvalue weighted by Gasteiger charge is 2.17. The third-order valence-electron chi connectivity index (χ3n) is 4.64. The van der Waals surface area contributed by atoms with E-state index in [9.17, 15) is 9.59 Å². The van der Waals surface area contributed by atoms with Crippen molar-refractivity contribution in [2.24, 2.45) is 0 Å². The Bertz CT molecular complexity index is 877. The first-order chi connectivity index (χ1) is 14.2. The molecule has 8 nitrogen and oxygen atoms in total. The third kappa shape index (κ3) is 4.78. The summed E-state index contributed by atoms with van der Waals surface area (Å²) in [5.74, 6) is 0.0800. The number of morpholine rings is 1. The van der Waals surface area contributed by atoms with Crippen molar-refractivity contribution in [1.29, 1.82) is 0 Å². The van der Waals surface area contributed by atoms with Crippen LogP contribution in [0.3, 0.4) is 0 Å². The number of carbonyl (C=O) groups is 2. The molecule has 29 heavy (non-hydrogen) atoms. The minimum Gasteiger partial charge on any atom is -0.486 e. The summed E-state index contributed by atoms with van der Waals surface area (Å²) in [5.41, 5.74) is 2.02. The summed E-state index contributed by atoms with van der Waals surface area (Å²) in [5, 5.41) is 2.72. The monoisotopic (exact) mass is 398 g/mol. The molecule has 2 aliphatic rings. The number of rotatable bonds is 5. The van der Waals surface area contributed by atoms with E-state index >= 15 is 0 Å². The van der Waals surface area contributed by atoms with Crippen molar-refractivity contribution < 1.29 is 28.5 Å². The highest BCUT2D eigenvalue weighted by Crippen LogP contribution is 2.30. The number of nitrogens with one attached hydrogen (secondary N) is 1. The van der Waals surface area contributed by atoms with Gasteiger partial charge in [-0.25, -0.2) is 4.79 Å². The van der Waals surface area contributed by atoms with E-state index in [0.717, 1.165) is 18.8 Å². The summed E-state index contributed by atoms with van der Waals surface area (Å²) in [4.78, 5) is 26.5. The molecule has 0 radical (unpaired) electrons. The second-order valence-electron chi connectivity index (χ2n) is 6.63. The smallest absolute Gasteiger partial charge is 0.338 e. The van der Waals surface area contributed by atoms with E-state index in [-0.39, 0.29) is 6.61 Å². The Kier molecular flexibility index (Phi) is 5.81. The van der Waals surface area contributed by atoms with Crippen molar-refractivity contribution in [2.75, 3.05) is 56.3 Å². The molecule has 0 spiro atoms. The second kappa shape index (κ2) is 8.83. The zero-order valence-electron chi connectivity index (χ0n) is 15.9. The van der Waals surface area contributed by atoms with Crippen LogP contribution in [0.1, 0.15) is 10.4 Å². The lowest BCUT2D eigenvalue weighted by molar-refractivity contribution is -0.119. The molecule has 0 aromatic heterocycles. The van der Waals surface area contributed by atoms with E-state index in [2.05, 4.69) is 10.2 Å². The van der Waals surface area contributed by atoms with Crippen LogP contribution in [-0.2, 0) is 14.3 Å². The minimum absolute atomic E-state index is 0.303. The Morgan fingerprint density at radius 3 is 2.41 bits per heavy atom. The zero-order chi connectivity index (χ0) is 20.1. The normalized spacial score (nSPS) is 15.5. The van der Waals surface area contributed by atoms with Gasteiger partial charge < -0.3 is 29.2 Å².